The molecular weight excluding hydrogens is 222 g/mol. The average molecular weight is 245 g/mol. The molecule has 0 aromatic heterocycles. The second-order valence-electron chi connectivity index (χ2n) is 5.07. The van der Waals surface area contributed by atoms with E-state index in [1.165, 1.54) is 30.4 Å². The summed E-state index contributed by atoms with van der Waals surface area (Å²) in [6.07, 6.45) is 3.86. The highest BCUT2D eigenvalue weighted by Gasteiger charge is 2.19. The molecule has 1 unspecified atom stereocenters. The molecule has 1 aliphatic rings. The lowest BCUT2D eigenvalue weighted by Crippen LogP contribution is -2.46. The van der Waals surface area contributed by atoms with Crippen LogP contribution in [0.2, 0.25) is 0 Å². The SMILES string of the molecule is CN=C(NC1CCC1)NC(C)c1ccccc1C. The van der Waals surface area contributed by atoms with Gasteiger partial charge in [-0.2, -0.15) is 0 Å². The van der Waals surface area contributed by atoms with Crippen LogP contribution in [0.25, 0.3) is 0 Å². The standard InChI is InChI=1S/C15H23N3/c1-11-7-4-5-10-14(11)12(2)17-15(16-3)18-13-8-6-9-13/h4-5,7,10,12-13H,6,8-9H2,1-3H3,(H2,16,17,18). The molecular formula is C15H23N3. The van der Waals surface area contributed by atoms with Crippen LogP contribution in [0.5, 0.6) is 0 Å². The van der Waals surface area contributed by atoms with Crippen LogP contribution in [-0.4, -0.2) is 19.0 Å². The Kier molecular flexibility index (Phi) is 4.24. The molecule has 98 valence electrons. The molecule has 18 heavy (non-hydrogen) atoms. The average Bonchev–Trinajstić information content (AvgIpc) is 2.32. The maximum absolute atomic E-state index is 4.30. The van der Waals surface area contributed by atoms with Gasteiger partial charge in [-0.05, 0) is 44.2 Å². The van der Waals surface area contributed by atoms with E-state index < -0.39 is 0 Å². The zero-order valence-electron chi connectivity index (χ0n) is 11.5. The van der Waals surface area contributed by atoms with E-state index in [0.29, 0.717) is 6.04 Å². The normalized spacial score (nSPS) is 18.1. The van der Waals surface area contributed by atoms with Crippen molar-refractivity contribution in [2.75, 3.05) is 7.05 Å². The highest BCUT2D eigenvalue weighted by molar-refractivity contribution is 5.80. The van der Waals surface area contributed by atoms with Crippen LogP contribution in [0, 0.1) is 6.92 Å². The molecule has 3 heteroatoms. The fraction of sp³-hybridized carbons (Fsp3) is 0.533. The van der Waals surface area contributed by atoms with Crippen molar-refractivity contribution < 1.29 is 0 Å². The monoisotopic (exact) mass is 245 g/mol. The van der Waals surface area contributed by atoms with Gasteiger partial charge >= 0.3 is 0 Å². The molecule has 1 fully saturated rings. The van der Waals surface area contributed by atoms with E-state index in [9.17, 15) is 0 Å². The Morgan fingerprint density at radius 1 is 1.33 bits per heavy atom. The van der Waals surface area contributed by atoms with E-state index in [1.807, 2.05) is 7.05 Å². The predicted molar refractivity (Wildman–Crippen MR) is 76.9 cm³/mol. The number of benzene rings is 1. The van der Waals surface area contributed by atoms with Gasteiger partial charge in [0.05, 0.1) is 6.04 Å². The number of rotatable bonds is 3. The van der Waals surface area contributed by atoms with Gasteiger partial charge in [-0.25, -0.2) is 0 Å². The number of hydrogen-bond acceptors (Lipinski definition) is 1. The van der Waals surface area contributed by atoms with E-state index in [4.69, 9.17) is 0 Å². The molecule has 1 saturated carbocycles. The van der Waals surface area contributed by atoms with Crippen molar-refractivity contribution in [1.29, 1.82) is 0 Å². The van der Waals surface area contributed by atoms with Gasteiger partial charge in [0.2, 0.25) is 0 Å². The van der Waals surface area contributed by atoms with Gasteiger partial charge in [0.1, 0.15) is 0 Å². The Morgan fingerprint density at radius 2 is 2.06 bits per heavy atom. The topological polar surface area (TPSA) is 36.4 Å². The molecule has 0 saturated heterocycles. The number of nitrogens with zero attached hydrogens (tertiary/aromatic N) is 1. The Morgan fingerprint density at radius 3 is 2.61 bits per heavy atom. The number of aryl methyl sites for hydroxylation is 1. The summed E-state index contributed by atoms with van der Waals surface area (Å²) >= 11 is 0. The molecule has 0 radical (unpaired) electrons. The van der Waals surface area contributed by atoms with Crippen LogP contribution in [0.1, 0.15) is 43.4 Å². The number of nitrogens with one attached hydrogen (secondary N) is 2. The summed E-state index contributed by atoms with van der Waals surface area (Å²) in [6, 6.07) is 9.37. The molecule has 0 bridgehead atoms. The molecule has 1 aliphatic carbocycles. The minimum absolute atomic E-state index is 0.275. The summed E-state index contributed by atoms with van der Waals surface area (Å²) in [6.45, 7) is 4.33. The van der Waals surface area contributed by atoms with Gasteiger partial charge in [0.15, 0.2) is 5.96 Å². The fourth-order valence-corrected chi connectivity index (χ4v) is 2.27. The molecule has 1 atom stereocenters. The Hall–Kier alpha value is -1.51. The van der Waals surface area contributed by atoms with Gasteiger partial charge in [-0.15, -0.1) is 0 Å². The molecule has 3 nitrogen and oxygen atoms in total. The van der Waals surface area contributed by atoms with Crippen molar-refractivity contribution in [3.63, 3.8) is 0 Å². The van der Waals surface area contributed by atoms with Crippen molar-refractivity contribution in [2.24, 2.45) is 4.99 Å². The largest absolute Gasteiger partial charge is 0.354 e. The van der Waals surface area contributed by atoms with Crippen LogP contribution in [0.3, 0.4) is 0 Å². The van der Waals surface area contributed by atoms with Crippen molar-refractivity contribution in [2.45, 2.75) is 45.2 Å². The zero-order chi connectivity index (χ0) is 13.0. The van der Waals surface area contributed by atoms with Gasteiger partial charge in [0, 0.05) is 13.1 Å². The number of guanidine groups is 1. The third-order valence-corrected chi connectivity index (χ3v) is 3.68. The molecule has 0 heterocycles. The molecule has 2 rings (SSSR count). The smallest absolute Gasteiger partial charge is 0.191 e. The van der Waals surface area contributed by atoms with Crippen LogP contribution in [0.15, 0.2) is 29.3 Å². The van der Waals surface area contributed by atoms with E-state index in [2.05, 4.69) is 53.7 Å². The van der Waals surface area contributed by atoms with Crippen LogP contribution in [0.4, 0.5) is 0 Å². The molecule has 0 amide bonds. The maximum atomic E-state index is 4.30. The second-order valence-corrected chi connectivity index (χ2v) is 5.07. The van der Waals surface area contributed by atoms with Crippen molar-refractivity contribution >= 4 is 5.96 Å². The summed E-state index contributed by atoms with van der Waals surface area (Å²) in [5.74, 6) is 0.912. The first kappa shape index (κ1) is 12.9. The highest BCUT2D eigenvalue weighted by atomic mass is 15.2. The van der Waals surface area contributed by atoms with E-state index >= 15 is 0 Å². The fourth-order valence-electron chi connectivity index (χ4n) is 2.27. The highest BCUT2D eigenvalue weighted by Crippen LogP contribution is 2.19. The molecule has 0 spiro atoms. The summed E-state index contributed by atoms with van der Waals surface area (Å²) in [4.78, 5) is 4.30. The summed E-state index contributed by atoms with van der Waals surface area (Å²) in [5.41, 5.74) is 2.64. The van der Waals surface area contributed by atoms with Crippen LogP contribution < -0.4 is 10.6 Å². The third kappa shape index (κ3) is 3.03. The van der Waals surface area contributed by atoms with Gasteiger partial charge in [-0.1, -0.05) is 24.3 Å². The van der Waals surface area contributed by atoms with Crippen molar-refractivity contribution in [1.82, 2.24) is 10.6 Å². The maximum Gasteiger partial charge on any atom is 0.191 e. The van der Waals surface area contributed by atoms with Crippen LogP contribution in [-0.2, 0) is 0 Å². The van der Waals surface area contributed by atoms with E-state index in [1.54, 1.807) is 0 Å². The van der Waals surface area contributed by atoms with E-state index in [-0.39, 0.29) is 6.04 Å². The summed E-state index contributed by atoms with van der Waals surface area (Å²) in [7, 11) is 1.83. The Labute approximate surface area is 110 Å². The first-order valence-electron chi connectivity index (χ1n) is 6.76. The minimum atomic E-state index is 0.275. The number of aliphatic imine (C=N–C) groups is 1. The quantitative estimate of drug-likeness (QED) is 0.634. The second kappa shape index (κ2) is 5.89. The van der Waals surface area contributed by atoms with E-state index in [0.717, 1.165) is 5.96 Å². The van der Waals surface area contributed by atoms with Gasteiger partial charge in [0.25, 0.3) is 0 Å². The Bertz CT molecular complexity index is 422. The zero-order valence-corrected chi connectivity index (χ0v) is 11.5. The summed E-state index contributed by atoms with van der Waals surface area (Å²) in [5, 5.41) is 6.92. The lowest BCUT2D eigenvalue weighted by Gasteiger charge is -2.29. The van der Waals surface area contributed by atoms with Crippen LogP contribution >= 0.6 is 0 Å². The summed E-state index contributed by atoms with van der Waals surface area (Å²) < 4.78 is 0. The first-order valence-corrected chi connectivity index (χ1v) is 6.76. The molecule has 2 N–H and O–H groups in total. The third-order valence-electron chi connectivity index (χ3n) is 3.68. The lowest BCUT2D eigenvalue weighted by molar-refractivity contribution is 0.378. The lowest BCUT2D eigenvalue weighted by atomic mass is 9.93. The minimum Gasteiger partial charge on any atom is -0.354 e. The van der Waals surface area contributed by atoms with Gasteiger partial charge in [-0.3, -0.25) is 4.99 Å². The van der Waals surface area contributed by atoms with Gasteiger partial charge < -0.3 is 10.6 Å². The molecule has 0 aliphatic heterocycles. The predicted octanol–water partition coefficient (Wildman–Crippen LogP) is 2.77. The van der Waals surface area contributed by atoms with Crippen molar-refractivity contribution in [3.05, 3.63) is 35.4 Å². The molecule has 1 aromatic carbocycles. The van der Waals surface area contributed by atoms with Crippen molar-refractivity contribution in [3.8, 4) is 0 Å². The first-order chi connectivity index (χ1) is 8.70. The number of hydrogen-bond donors (Lipinski definition) is 2. The Balaban J connectivity index is 1.96. The molecule has 1 aromatic rings.